The lowest BCUT2D eigenvalue weighted by Crippen LogP contribution is -2.32. The first kappa shape index (κ1) is 13.3. The molecule has 0 saturated heterocycles. The van der Waals surface area contributed by atoms with Crippen molar-refractivity contribution < 1.29 is 23.1 Å². The maximum atomic E-state index is 10.9. The number of ether oxygens (including phenoxy) is 1. The fourth-order valence-corrected chi connectivity index (χ4v) is 1.53. The minimum Gasteiger partial charge on any atom is -0.480 e. The van der Waals surface area contributed by atoms with Gasteiger partial charge in [0, 0.05) is 6.54 Å². The molecule has 7 heteroatoms. The Morgan fingerprint density at radius 3 is 2.50 bits per heavy atom. The largest absolute Gasteiger partial charge is 0.480 e. The summed E-state index contributed by atoms with van der Waals surface area (Å²) in [5.41, 5.74) is 0. The molecule has 0 heterocycles. The number of aliphatic carboxylic acids is 1. The van der Waals surface area contributed by atoms with Gasteiger partial charge in [-0.15, -0.1) is 0 Å². The zero-order valence-corrected chi connectivity index (χ0v) is 9.00. The van der Waals surface area contributed by atoms with E-state index in [2.05, 4.69) is 4.72 Å². The second kappa shape index (κ2) is 5.94. The number of hydrogen-bond acceptors (Lipinski definition) is 4. The van der Waals surface area contributed by atoms with Crippen LogP contribution in [-0.4, -0.2) is 44.5 Å². The maximum Gasteiger partial charge on any atom is 0.320 e. The molecule has 0 spiro atoms. The number of hydrogen-bond donors (Lipinski definition) is 2. The van der Waals surface area contributed by atoms with E-state index < -0.39 is 21.7 Å². The third-order valence-corrected chi connectivity index (χ3v) is 2.46. The molecular weight excluding hydrogens is 210 g/mol. The molecule has 0 bridgehead atoms. The fraction of sp³-hybridized carbons (Fsp3) is 0.857. The monoisotopic (exact) mass is 225 g/mol. The molecule has 0 amide bonds. The van der Waals surface area contributed by atoms with Crippen molar-refractivity contribution in [3.05, 3.63) is 0 Å². The van der Waals surface area contributed by atoms with Crippen LogP contribution >= 0.6 is 0 Å². The second-order valence-corrected chi connectivity index (χ2v) is 4.77. The van der Waals surface area contributed by atoms with Gasteiger partial charge in [-0.3, -0.25) is 4.79 Å². The molecular formula is C7H15NO5S. The number of carboxylic acids is 1. The Bertz CT molecular complexity index is 272. The van der Waals surface area contributed by atoms with Crippen LogP contribution in [0.1, 0.15) is 13.8 Å². The average Bonchev–Trinajstić information content (AvgIpc) is 1.95. The molecule has 0 fully saturated rings. The Balaban J connectivity index is 3.72. The molecule has 0 atom stereocenters. The topological polar surface area (TPSA) is 92.7 Å². The molecule has 14 heavy (non-hydrogen) atoms. The molecule has 0 unspecified atom stereocenters. The van der Waals surface area contributed by atoms with Crippen LogP contribution in [0.15, 0.2) is 0 Å². The predicted molar refractivity (Wildman–Crippen MR) is 50.5 cm³/mol. The van der Waals surface area contributed by atoms with Gasteiger partial charge in [0.1, 0.15) is 0 Å². The van der Waals surface area contributed by atoms with Crippen LogP contribution in [0.5, 0.6) is 0 Å². The van der Waals surface area contributed by atoms with Gasteiger partial charge < -0.3 is 9.84 Å². The number of rotatable bonds is 7. The van der Waals surface area contributed by atoms with E-state index in [0.717, 1.165) is 0 Å². The number of nitrogens with one attached hydrogen (secondary N) is 1. The van der Waals surface area contributed by atoms with E-state index in [-0.39, 0.29) is 19.3 Å². The van der Waals surface area contributed by atoms with Gasteiger partial charge in [0.2, 0.25) is 10.0 Å². The first-order valence-electron chi connectivity index (χ1n) is 4.14. The van der Waals surface area contributed by atoms with E-state index in [1.54, 1.807) is 0 Å². The SMILES string of the molecule is CC(C)OCCNS(=O)(=O)CC(=O)O. The van der Waals surface area contributed by atoms with E-state index in [9.17, 15) is 13.2 Å². The third-order valence-electron chi connectivity index (χ3n) is 1.19. The lowest BCUT2D eigenvalue weighted by atomic mass is 10.5. The minimum absolute atomic E-state index is 0.0268. The molecule has 0 aromatic heterocycles. The van der Waals surface area contributed by atoms with Gasteiger partial charge in [-0.25, -0.2) is 13.1 Å². The molecule has 0 radical (unpaired) electrons. The Labute approximate surface area is 83.3 Å². The second-order valence-electron chi connectivity index (χ2n) is 2.97. The van der Waals surface area contributed by atoms with Crippen molar-refractivity contribution in [2.45, 2.75) is 20.0 Å². The van der Waals surface area contributed by atoms with E-state index in [0.29, 0.717) is 0 Å². The minimum atomic E-state index is -3.71. The van der Waals surface area contributed by atoms with E-state index in [1.165, 1.54) is 0 Å². The molecule has 0 aromatic rings. The molecule has 0 aromatic carbocycles. The highest BCUT2D eigenvalue weighted by molar-refractivity contribution is 7.90. The average molecular weight is 225 g/mol. The summed E-state index contributed by atoms with van der Waals surface area (Å²) >= 11 is 0. The first-order chi connectivity index (χ1) is 6.33. The van der Waals surface area contributed by atoms with Crippen LogP contribution in [0.3, 0.4) is 0 Å². The summed E-state index contributed by atoms with van der Waals surface area (Å²) in [7, 11) is -3.71. The third kappa shape index (κ3) is 7.96. The van der Waals surface area contributed by atoms with Crippen molar-refractivity contribution in [1.29, 1.82) is 0 Å². The van der Waals surface area contributed by atoms with Crippen molar-refractivity contribution in [3.63, 3.8) is 0 Å². The van der Waals surface area contributed by atoms with Crippen molar-refractivity contribution in [2.24, 2.45) is 0 Å². The first-order valence-corrected chi connectivity index (χ1v) is 5.79. The quantitative estimate of drug-likeness (QED) is 0.565. The molecule has 6 nitrogen and oxygen atoms in total. The number of carbonyl (C=O) groups is 1. The highest BCUT2D eigenvalue weighted by Gasteiger charge is 2.14. The maximum absolute atomic E-state index is 10.9. The van der Waals surface area contributed by atoms with Crippen LogP contribution in [-0.2, 0) is 19.6 Å². The van der Waals surface area contributed by atoms with Crippen LogP contribution < -0.4 is 4.72 Å². The summed E-state index contributed by atoms with van der Waals surface area (Å²) in [6.07, 6.45) is 0.0268. The molecule has 0 aliphatic rings. The van der Waals surface area contributed by atoms with Gasteiger partial charge in [0.15, 0.2) is 5.75 Å². The number of carboxylic acid groups (broad SMARTS) is 1. The predicted octanol–water partition coefficient (Wildman–Crippen LogP) is -0.585. The lowest BCUT2D eigenvalue weighted by molar-refractivity contribution is -0.134. The van der Waals surface area contributed by atoms with E-state index >= 15 is 0 Å². The Hall–Kier alpha value is -0.660. The van der Waals surface area contributed by atoms with Gasteiger partial charge in [0.25, 0.3) is 0 Å². The van der Waals surface area contributed by atoms with E-state index in [1.807, 2.05) is 13.8 Å². The summed E-state index contributed by atoms with van der Waals surface area (Å²) in [6, 6.07) is 0. The fourth-order valence-electron chi connectivity index (χ4n) is 0.705. The summed E-state index contributed by atoms with van der Waals surface area (Å²) in [5.74, 6) is -2.28. The van der Waals surface area contributed by atoms with Crippen molar-refractivity contribution in [2.75, 3.05) is 18.9 Å². The van der Waals surface area contributed by atoms with Gasteiger partial charge in [-0.05, 0) is 13.8 Å². The molecule has 0 rings (SSSR count). The zero-order chi connectivity index (χ0) is 11.2. The van der Waals surface area contributed by atoms with Crippen LogP contribution in [0.2, 0.25) is 0 Å². The van der Waals surface area contributed by atoms with Crippen molar-refractivity contribution in [3.8, 4) is 0 Å². The summed E-state index contributed by atoms with van der Waals surface area (Å²) in [5, 5.41) is 8.24. The summed E-state index contributed by atoms with van der Waals surface area (Å²) in [6.45, 7) is 3.97. The Kier molecular flexibility index (Phi) is 5.66. The molecule has 0 aliphatic carbocycles. The van der Waals surface area contributed by atoms with E-state index in [4.69, 9.17) is 9.84 Å². The zero-order valence-electron chi connectivity index (χ0n) is 8.19. The van der Waals surface area contributed by atoms with Crippen LogP contribution in [0, 0.1) is 0 Å². The Morgan fingerprint density at radius 1 is 1.50 bits per heavy atom. The lowest BCUT2D eigenvalue weighted by Gasteiger charge is -2.07. The summed E-state index contributed by atoms with van der Waals surface area (Å²) < 4.78 is 29.1. The van der Waals surface area contributed by atoms with Gasteiger partial charge in [0.05, 0.1) is 12.7 Å². The number of sulfonamides is 1. The molecule has 84 valence electrons. The molecule has 2 N–H and O–H groups in total. The Morgan fingerprint density at radius 2 is 2.07 bits per heavy atom. The highest BCUT2D eigenvalue weighted by atomic mass is 32.2. The molecule has 0 aliphatic heterocycles. The van der Waals surface area contributed by atoms with Crippen LogP contribution in [0.4, 0.5) is 0 Å². The highest BCUT2D eigenvalue weighted by Crippen LogP contribution is 1.87. The van der Waals surface area contributed by atoms with Gasteiger partial charge >= 0.3 is 5.97 Å². The smallest absolute Gasteiger partial charge is 0.320 e. The normalized spacial score (nSPS) is 11.9. The van der Waals surface area contributed by atoms with Crippen LogP contribution in [0.25, 0.3) is 0 Å². The molecule has 0 saturated carbocycles. The standard InChI is InChI=1S/C7H15NO5S/c1-6(2)13-4-3-8-14(11,12)5-7(9)10/h6,8H,3-5H2,1-2H3,(H,9,10). The summed E-state index contributed by atoms with van der Waals surface area (Å²) in [4.78, 5) is 10.1. The van der Waals surface area contributed by atoms with Gasteiger partial charge in [-0.1, -0.05) is 0 Å². The van der Waals surface area contributed by atoms with Gasteiger partial charge in [-0.2, -0.15) is 0 Å². The van der Waals surface area contributed by atoms with Crippen molar-refractivity contribution >= 4 is 16.0 Å². The van der Waals surface area contributed by atoms with Crippen molar-refractivity contribution in [1.82, 2.24) is 4.72 Å².